The predicted octanol–water partition coefficient (Wildman–Crippen LogP) is 1.61. The summed E-state index contributed by atoms with van der Waals surface area (Å²) >= 11 is 0. The molecule has 0 spiro atoms. The van der Waals surface area contributed by atoms with Crippen molar-refractivity contribution < 1.29 is 5.11 Å². The lowest BCUT2D eigenvalue weighted by atomic mass is 10.0. The van der Waals surface area contributed by atoms with Crippen molar-refractivity contribution in [2.45, 2.75) is 31.9 Å². The maximum atomic E-state index is 9.78. The molecule has 96 valence electrons. The number of hydrogen-bond donors (Lipinski definition) is 2. The number of nitrogens with zero attached hydrogens (tertiary/aromatic N) is 1. The summed E-state index contributed by atoms with van der Waals surface area (Å²) in [4.78, 5) is 2.27. The maximum absolute atomic E-state index is 9.78. The van der Waals surface area contributed by atoms with E-state index < -0.39 is 5.60 Å². The number of hydrogen-bond acceptors (Lipinski definition) is 3. The molecular formula is C14H24N2O. The van der Waals surface area contributed by atoms with Crippen LogP contribution in [0, 0.1) is 0 Å². The fraction of sp³-hybridized carbons (Fsp3) is 0.571. The van der Waals surface area contributed by atoms with Crippen LogP contribution >= 0.6 is 0 Å². The van der Waals surface area contributed by atoms with Crippen molar-refractivity contribution >= 4 is 0 Å². The van der Waals surface area contributed by atoms with Gasteiger partial charge in [0.1, 0.15) is 0 Å². The minimum Gasteiger partial charge on any atom is -0.389 e. The Morgan fingerprint density at radius 1 is 1.29 bits per heavy atom. The normalized spacial score (nSPS) is 14.9. The first-order valence-corrected chi connectivity index (χ1v) is 6.18. The van der Waals surface area contributed by atoms with Gasteiger partial charge in [-0.2, -0.15) is 0 Å². The van der Waals surface area contributed by atoms with E-state index in [9.17, 15) is 5.11 Å². The molecule has 0 amide bonds. The predicted molar refractivity (Wildman–Crippen MR) is 71.7 cm³/mol. The van der Waals surface area contributed by atoms with Gasteiger partial charge in [0, 0.05) is 13.1 Å². The summed E-state index contributed by atoms with van der Waals surface area (Å²) < 4.78 is 0. The molecule has 0 saturated carbocycles. The molecule has 1 aromatic carbocycles. The van der Waals surface area contributed by atoms with Crippen LogP contribution in [-0.2, 0) is 6.54 Å². The monoisotopic (exact) mass is 236 g/mol. The van der Waals surface area contributed by atoms with Crippen molar-refractivity contribution in [1.82, 2.24) is 4.90 Å². The molecule has 0 aromatic heterocycles. The molecule has 1 unspecified atom stereocenters. The van der Waals surface area contributed by atoms with Crippen LogP contribution in [0.4, 0.5) is 0 Å². The molecule has 0 aliphatic carbocycles. The van der Waals surface area contributed by atoms with Crippen molar-refractivity contribution in [1.29, 1.82) is 0 Å². The standard InChI is InChI=1S/C14H24N2O/c1-14(17,12-15)9-6-10-16(2)11-13-7-4-3-5-8-13/h3-5,7-8,17H,6,9-12,15H2,1-2H3. The van der Waals surface area contributed by atoms with E-state index >= 15 is 0 Å². The molecule has 0 bridgehead atoms. The Hall–Kier alpha value is -0.900. The van der Waals surface area contributed by atoms with Gasteiger partial charge in [-0.15, -0.1) is 0 Å². The molecule has 1 aromatic rings. The second-order valence-electron chi connectivity index (χ2n) is 5.03. The Morgan fingerprint density at radius 3 is 2.53 bits per heavy atom. The third-order valence-electron chi connectivity index (χ3n) is 2.99. The molecule has 3 nitrogen and oxygen atoms in total. The first-order valence-electron chi connectivity index (χ1n) is 6.18. The molecule has 17 heavy (non-hydrogen) atoms. The van der Waals surface area contributed by atoms with Crippen molar-refractivity contribution in [2.24, 2.45) is 5.73 Å². The third-order valence-corrected chi connectivity index (χ3v) is 2.99. The van der Waals surface area contributed by atoms with Crippen LogP contribution in [0.1, 0.15) is 25.3 Å². The molecule has 3 N–H and O–H groups in total. The lowest BCUT2D eigenvalue weighted by molar-refractivity contribution is 0.0550. The molecular weight excluding hydrogens is 212 g/mol. The molecule has 1 rings (SSSR count). The van der Waals surface area contributed by atoms with Gasteiger partial charge in [-0.1, -0.05) is 30.3 Å². The van der Waals surface area contributed by atoms with E-state index in [2.05, 4.69) is 36.2 Å². The fourth-order valence-corrected chi connectivity index (χ4v) is 1.81. The summed E-state index contributed by atoms with van der Waals surface area (Å²) in [5, 5.41) is 9.78. The topological polar surface area (TPSA) is 49.5 Å². The molecule has 0 heterocycles. The van der Waals surface area contributed by atoms with Gasteiger partial charge in [0.05, 0.1) is 5.60 Å². The summed E-state index contributed by atoms with van der Waals surface area (Å²) in [5.41, 5.74) is 6.09. The molecule has 0 aliphatic heterocycles. The lowest BCUT2D eigenvalue weighted by Crippen LogP contribution is -2.35. The van der Waals surface area contributed by atoms with Crippen molar-refractivity contribution in [3.63, 3.8) is 0 Å². The van der Waals surface area contributed by atoms with Gasteiger partial charge >= 0.3 is 0 Å². The summed E-state index contributed by atoms with van der Waals surface area (Å²) in [6.07, 6.45) is 1.72. The van der Waals surface area contributed by atoms with Crippen LogP contribution in [0.15, 0.2) is 30.3 Å². The Bertz CT molecular complexity index is 311. The molecule has 1 atom stereocenters. The Balaban J connectivity index is 2.24. The molecule has 0 fully saturated rings. The average Bonchev–Trinajstić information content (AvgIpc) is 2.30. The zero-order valence-electron chi connectivity index (χ0n) is 10.9. The Labute approximate surface area is 104 Å². The van der Waals surface area contributed by atoms with Crippen LogP contribution in [-0.4, -0.2) is 35.7 Å². The minimum absolute atomic E-state index is 0.329. The third kappa shape index (κ3) is 5.82. The highest BCUT2D eigenvalue weighted by Crippen LogP contribution is 2.11. The SMILES string of the molecule is CN(CCCC(C)(O)CN)Cc1ccccc1. The second kappa shape index (κ2) is 6.74. The molecule has 0 radical (unpaired) electrons. The zero-order chi connectivity index (χ0) is 12.7. The van der Waals surface area contributed by atoms with E-state index in [4.69, 9.17) is 5.73 Å². The Morgan fingerprint density at radius 2 is 1.94 bits per heavy atom. The molecule has 0 aliphatic rings. The molecule has 0 saturated heterocycles. The maximum Gasteiger partial charge on any atom is 0.0741 e. The summed E-state index contributed by atoms with van der Waals surface area (Å²) in [5.74, 6) is 0. The summed E-state index contributed by atoms with van der Waals surface area (Å²) in [7, 11) is 2.10. The number of benzene rings is 1. The van der Waals surface area contributed by atoms with Gasteiger partial charge < -0.3 is 15.7 Å². The smallest absolute Gasteiger partial charge is 0.0741 e. The summed E-state index contributed by atoms with van der Waals surface area (Å²) in [6.45, 7) is 4.05. The van der Waals surface area contributed by atoms with Crippen LogP contribution < -0.4 is 5.73 Å². The average molecular weight is 236 g/mol. The van der Waals surface area contributed by atoms with Gasteiger partial charge in [0.2, 0.25) is 0 Å². The second-order valence-corrected chi connectivity index (χ2v) is 5.03. The van der Waals surface area contributed by atoms with Crippen LogP contribution in [0.2, 0.25) is 0 Å². The van der Waals surface area contributed by atoms with Crippen molar-refractivity contribution in [3.05, 3.63) is 35.9 Å². The van der Waals surface area contributed by atoms with Gasteiger partial charge in [-0.3, -0.25) is 0 Å². The summed E-state index contributed by atoms with van der Waals surface area (Å²) in [6, 6.07) is 10.4. The van der Waals surface area contributed by atoms with Crippen LogP contribution in [0.5, 0.6) is 0 Å². The van der Waals surface area contributed by atoms with Gasteiger partial charge in [0.15, 0.2) is 0 Å². The highest BCUT2D eigenvalue weighted by Gasteiger charge is 2.17. The van der Waals surface area contributed by atoms with Crippen molar-refractivity contribution in [2.75, 3.05) is 20.1 Å². The van der Waals surface area contributed by atoms with Gasteiger partial charge in [-0.25, -0.2) is 0 Å². The molecule has 3 heteroatoms. The zero-order valence-corrected chi connectivity index (χ0v) is 10.9. The quantitative estimate of drug-likeness (QED) is 0.756. The van der Waals surface area contributed by atoms with Crippen molar-refractivity contribution in [3.8, 4) is 0 Å². The largest absolute Gasteiger partial charge is 0.389 e. The first kappa shape index (κ1) is 14.2. The fourth-order valence-electron chi connectivity index (χ4n) is 1.81. The van der Waals surface area contributed by atoms with E-state index in [1.165, 1.54) is 5.56 Å². The number of nitrogens with two attached hydrogens (primary N) is 1. The minimum atomic E-state index is -0.715. The van der Waals surface area contributed by atoms with Crippen LogP contribution in [0.25, 0.3) is 0 Å². The highest BCUT2D eigenvalue weighted by atomic mass is 16.3. The van der Waals surface area contributed by atoms with Crippen LogP contribution in [0.3, 0.4) is 0 Å². The Kier molecular flexibility index (Phi) is 5.62. The van der Waals surface area contributed by atoms with E-state index in [1.54, 1.807) is 6.92 Å². The first-order chi connectivity index (χ1) is 8.03. The van der Waals surface area contributed by atoms with E-state index in [0.29, 0.717) is 6.54 Å². The highest BCUT2D eigenvalue weighted by molar-refractivity contribution is 5.14. The van der Waals surface area contributed by atoms with E-state index in [1.807, 2.05) is 6.07 Å². The lowest BCUT2D eigenvalue weighted by Gasteiger charge is -2.23. The number of aliphatic hydroxyl groups is 1. The van der Waals surface area contributed by atoms with Gasteiger partial charge in [-0.05, 0) is 38.9 Å². The van der Waals surface area contributed by atoms with E-state index in [0.717, 1.165) is 25.9 Å². The van der Waals surface area contributed by atoms with E-state index in [-0.39, 0.29) is 0 Å². The number of rotatable bonds is 7. The van der Waals surface area contributed by atoms with Gasteiger partial charge in [0.25, 0.3) is 0 Å².